The number of hydrogen-bond donors (Lipinski definition) is 1. The summed E-state index contributed by atoms with van der Waals surface area (Å²) in [5.41, 5.74) is 0.931. The highest BCUT2D eigenvalue weighted by molar-refractivity contribution is 5.93. The Hall–Kier alpha value is -2.93. The van der Waals surface area contributed by atoms with Crippen molar-refractivity contribution >= 4 is 11.8 Å². The Bertz CT molecular complexity index is 894. The Balaban J connectivity index is 1.68. The first-order valence-corrected chi connectivity index (χ1v) is 10.1. The fraction of sp³-hybridized carbons (Fsp3) is 0.409. The van der Waals surface area contributed by atoms with Gasteiger partial charge in [0.2, 0.25) is 5.91 Å². The van der Waals surface area contributed by atoms with Gasteiger partial charge in [-0.3, -0.25) is 19.3 Å². The highest BCUT2D eigenvalue weighted by Gasteiger charge is 2.23. The lowest BCUT2D eigenvalue weighted by Gasteiger charge is -2.22. The van der Waals surface area contributed by atoms with Crippen molar-refractivity contribution in [1.29, 1.82) is 0 Å². The molecule has 0 aliphatic carbocycles. The van der Waals surface area contributed by atoms with Crippen molar-refractivity contribution in [2.75, 3.05) is 39.3 Å². The van der Waals surface area contributed by atoms with Gasteiger partial charge in [0.1, 0.15) is 5.56 Å². The smallest absolute Gasteiger partial charge is 0.263 e. The van der Waals surface area contributed by atoms with Gasteiger partial charge in [0.25, 0.3) is 11.5 Å². The van der Waals surface area contributed by atoms with Gasteiger partial charge in [-0.15, -0.1) is 0 Å². The molecule has 1 N–H and O–H groups in total. The zero-order valence-corrected chi connectivity index (χ0v) is 16.8. The van der Waals surface area contributed by atoms with E-state index in [1.807, 2.05) is 37.3 Å². The third-order valence-electron chi connectivity index (χ3n) is 5.06. The molecule has 29 heavy (non-hydrogen) atoms. The van der Waals surface area contributed by atoms with Crippen molar-refractivity contribution in [3.63, 3.8) is 0 Å². The summed E-state index contributed by atoms with van der Waals surface area (Å²) in [5, 5.41) is 2.80. The fourth-order valence-corrected chi connectivity index (χ4v) is 3.56. The predicted octanol–water partition coefficient (Wildman–Crippen LogP) is 1.18. The lowest BCUT2D eigenvalue weighted by atomic mass is 10.2. The van der Waals surface area contributed by atoms with Gasteiger partial charge < -0.3 is 14.8 Å². The van der Waals surface area contributed by atoms with E-state index in [0.717, 1.165) is 18.5 Å². The van der Waals surface area contributed by atoms with Crippen LogP contribution in [0.15, 0.2) is 53.5 Å². The van der Waals surface area contributed by atoms with Crippen LogP contribution in [0, 0.1) is 0 Å². The summed E-state index contributed by atoms with van der Waals surface area (Å²) in [5.74, 6) is -0.239. The van der Waals surface area contributed by atoms with Crippen LogP contribution in [-0.2, 0) is 11.3 Å². The third kappa shape index (κ3) is 5.54. The average Bonchev–Trinajstić information content (AvgIpc) is 2.95. The first-order valence-electron chi connectivity index (χ1n) is 10.1. The lowest BCUT2D eigenvalue weighted by molar-refractivity contribution is -0.122. The van der Waals surface area contributed by atoms with Crippen LogP contribution in [0.2, 0.25) is 0 Å². The molecule has 1 aromatic heterocycles. The molecule has 1 aliphatic heterocycles. The van der Waals surface area contributed by atoms with Crippen LogP contribution < -0.4 is 10.9 Å². The average molecular weight is 396 g/mol. The molecule has 0 atom stereocenters. The van der Waals surface area contributed by atoms with Crippen LogP contribution in [0.1, 0.15) is 29.3 Å². The molecular formula is C22H28N4O3. The minimum Gasteiger partial charge on any atom is -0.355 e. The highest BCUT2D eigenvalue weighted by atomic mass is 16.2. The van der Waals surface area contributed by atoms with E-state index in [1.165, 1.54) is 0 Å². The molecule has 7 heteroatoms. The molecule has 2 heterocycles. The van der Waals surface area contributed by atoms with Gasteiger partial charge in [-0.1, -0.05) is 30.3 Å². The molecule has 154 valence electrons. The standard InChI is InChI=1S/C22H28N4O3/c1-2-23-20(27)17-24-11-7-13-25(15-14-24)21(28)19-10-6-12-26(22(19)29)16-18-8-4-3-5-9-18/h3-6,8-10,12H,2,7,11,13-17H2,1H3,(H,23,27). The quantitative estimate of drug-likeness (QED) is 0.796. The SMILES string of the molecule is CCNC(=O)CN1CCCN(C(=O)c2cccn(Cc3ccccc3)c2=O)CC1. The van der Waals surface area contributed by atoms with E-state index in [4.69, 9.17) is 0 Å². The van der Waals surface area contributed by atoms with E-state index in [1.54, 1.807) is 27.8 Å². The second kappa shape index (κ2) is 10.0. The molecule has 0 unspecified atom stereocenters. The van der Waals surface area contributed by atoms with Gasteiger partial charge in [0, 0.05) is 38.9 Å². The summed E-state index contributed by atoms with van der Waals surface area (Å²) >= 11 is 0. The van der Waals surface area contributed by atoms with Crippen molar-refractivity contribution in [2.45, 2.75) is 19.9 Å². The maximum absolute atomic E-state index is 13.0. The molecule has 1 aliphatic rings. The molecule has 1 saturated heterocycles. The topological polar surface area (TPSA) is 74.7 Å². The maximum Gasteiger partial charge on any atom is 0.263 e. The van der Waals surface area contributed by atoms with Crippen LogP contribution in [0.5, 0.6) is 0 Å². The van der Waals surface area contributed by atoms with Crippen LogP contribution in [-0.4, -0.2) is 65.4 Å². The van der Waals surface area contributed by atoms with Gasteiger partial charge in [-0.2, -0.15) is 0 Å². The second-order valence-corrected chi connectivity index (χ2v) is 7.22. The first kappa shape index (κ1) is 20.8. The number of carbonyl (C=O) groups is 2. The van der Waals surface area contributed by atoms with Crippen molar-refractivity contribution in [3.8, 4) is 0 Å². The minimum absolute atomic E-state index is 0.000802. The maximum atomic E-state index is 13.0. The van der Waals surface area contributed by atoms with Gasteiger partial charge in [0.15, 0.2) is 0 Å². The number of rotatable bonds is 6. The molecule has 2 aromatic rings. The summed E-state index contributed by atoms with van der Waals surface area (Å²) < 4.78 is 1.57. The molecule has 7 nitrogen and oxygen atoms in total. The molecule has 2 amide bonds. The molecule has 0 bridgehead atoms. The van der Waals surface area contributed by atoms with E-state index in [2.05, 4.69) is 10.2 Å². The van der Waals surface area contributed by atoms with Gasteiger partial charge in [0.05, 0.1) is 13.1 Å². The molecular weight excluding hydrogens is 368 g/mol. The van der Waals surface area contributed by atoms with Crippen molar-refractivity contribution in [1.82, 2.24) is 19.7 Å². The number of nitrogens with one attached hydrogen (secondary N) is 1. The first-order chi connectivity index (χ1) is 14.1. The number of likely N-dealkylation sites (N-methyl/N-ethyl adjacent to an activating group) is 1. The normalized spacial score (nSPS) is 15.0. The number of amides is 2. The highest BCUT2D eigenvalue weighted by Crippen LogP contribution is 2.08. The Labute approximate surface area is 170 Å². The largest absolute Gasteiger partial charge is 0.355 e. The Kier molecular flexibility index (Phi) is 7.19. The number of hydrogen-bond acceptors (Lipinski definition) is 4. The van der Waals surface area contributed by atoms with Crippen molar-refractivity contribution < 1.29 is 9.59 Å². The number of pyridine rings is 1. The van der Waals surface area contributed by atoms with Gasteiger partial charge in [-0.25, -0.2) is 0 Å². The van der Waals surface area contributed by atoms with Crippen molar-refractivity contribution in [2.24, 2.45) is 0 Å². The predicted molar refractivity (Wildman–Crippen MR) is 112 cm³/mol. The molecule has 1 fully saturated rings. The molecule has 3 rings (SSSR count). The van der Waals surface area contributed by atoms with Crippen LogP contribution in [0.25, 0.3) is 0 Å². The number of benzene rings is 1. The summed E-state index contributed by atoms with van der Waals surface area (Å²) in [6.07, 6.45) is 2.48. The minimum atomic E-state index is -0.273. The second-order valence-electron chi connectivity index (χ2n) is 7.22. The number of carbonyl (C=O) groups excluding carboxylic acids is 2. The molecule has 1 aromatic carbocycles. The van der Waals surface area contributed by atoms with Gasteiger partial charge in [-0.05, 0) is 31.0 Å². The number of aromatic nitrogens is 1. The van der Waals surface area contributed by atoms with Crippen LogP contribution in [0.3, 0.4) is 0 Å². The molecule has 0 saturated carbocycles. The fourth-order valence-electron chi connectivity index (χ4n) is 3.56. The molecule has 0 radical (unpaired) electrons. The summed E-state index contributed by atoms with van der Waals surface area (Å²) in [7, 11) is 0. The van der Waals surface area contributed by atoms with E-state index < -0.39 is 0 Å². The van der Waals surface area contributed by atoms with E-state index in [9.17, 15) is 14.4 Å². The monoisotopic (exact) mass is 396 g/mol. The summed E-state index contributed by atoms with van der Waals surface area (Å²) in [6, 6.07) is 13.1. The van der Waals surface area contributed by atoms with Gasteiger partial charge >= 0.3 is 0 Å². The Morgan fingerprint density at radius 1 is 1.00 bits per heavy atom. The Morgan fingerprint density at radius 3 is 2.55 bits per heavy atom. The summed E-state index contributed by atoms with van der Waals surface area (Å²) in [6.45, 7) is 5.74. The number of nitrogens with zero attached hydrogens (tertiary/aromatic N) is 3. The van der Waals surface area contributed by atoms with Crippen LogP contribution in [0.4, 0.5) is 0 Å². The van der Waals surface area contributed by atoms with E-state index in [0.29, 0.717) is 39.3 Å². The van der Waals surface area contributed by atoms with Crippen molar-refractivity contribution in [3.05, 3.63) is 70.1 Å². The van der Waals surface area contributed by atoms with Crippen LogP contribution >= 0.6 is 0 Å². The third-order valence-corrected chi connectivity index (χ3v) is 5.06. The van der Waals surface area contributed by atoms with E-state index in [-0.39, 0.29) is 22.9 Å². The lowest BCUT2D eigenvalue weighted by Crippen LogP contribution is -2.41. The zero-order valence-electron chi connectivity index (χ0n) is 16.8. The van der Waals surface area contributed by atoms with E-state index >= 15 is 0 Å². The zero-order chi connectivity index (χ0) is 20.6. The molecule has 0 spiro atoms. The summed E-state index contributed by atoms with van der Waals surface area (Å²) in [4.78, 5) is 41.5. The Morgan fingerprint density at radius 2 is 1.79 bits per heavy atom.